The van der Waals surface area contributed by atoms with Crippen molar-refractivity contribution >= 4 is 17.6 Å². The van der Waals surface area contributed by atoms with Gasteiger partial charge in [0.1, 0.15) is 6.61 Å². The lowest BCUT2D eigenvalue weighted by Crippen LogP contribution is -2.39. The first kappa shape index (κ1) is 18.6. The Hall–Kier alpha value is -3.23. The van der Waals surface area contributed by atoms with E-state index in [2.05, 4.69) is 5.32 Å². The lowest BCUT2D eigenvalue weighted by molar-refractivity contribution is -0.156. The number of carbonyl (C=O) groups is 2. The van der Waals surface area contributed by atoms with Crippen molar-refractivity contribution in [1.29, 1.82) is 0 Å². The highest BCUT2D eigenvalue weighted by Crippen LogP contribution is 2.31. The quantitative estimate of drug-likeness (QED) is 0.825. The molecule has 0 aliphatic carbocycles. The molecule has 3 rings (SSSR count). The van der Waals surface area contributed by atoms with Gasteiger partial charge in [0.15, 0.2) is 18.1 Å². The maximum Gasteiger partial charge on any atom is 0.416 e. The van der Waals surface area contributed by atoms with Crippen LogP contribution in [0.1, 0.15) is 5.56 Å². The standard InChI is InChI=1S/C18H14F3NO5/c19-18(20,21)11-5-7-12(8-6-11)22-16(23)10-26-17(24)15-9-25-13-3-1-2-4-14(13)27-15/h1-8,15H,9-10H2,(H,22,23)/t15-/m0/s1. The first-order valence-corrected chi connectivity index (χ1v) is 7.85. The van der Waals surface area contributed by atoms with Gasteiger partial charge in [0.2, 0.25) is 6.10 Å². The average molecular weight is 381 g/mol. The largest absolute Gasteiger partial charge is 0.485 e. The number of benzene rings is 2. The van der Waals surface area contributed by atoms with Crippen LogP contribution in [0.25, 0.3) is 0 Å². The van der Waals surface area contributed by atoms with E-state index in [1.54, 1.807) is 24.3 Å². The molecule has 0 spiro atoms. The molecule has 0 saturated carbocycles. The van der Waals surface area contributed by atoms with E-state index in [0.717, 1.165) is 24.3 Å². The number of hydrogen-bond donors (Lipinski definition) is 1. The number of esters is 1. The maximum absolute atomic E-state index is 12.5. The van der Waals surface area contributed by atoms with E-state index in [0.29, 0.717) is 11.5 Å². The second-order valence-electron chi connectivity index (χ2n) is 5.60. The van der Waals surface area contributed by atoms with Gasteiger partial charge in [0.05, 0.1) is 5.56 Å². The molecule has 0 saturated heterocycles. The van der Waals surface area contributed by atoms with Gasteiger partial charge in [-0.2, -0.15) is 13.2 Å². The minimum absolute atomic E-state index is 0.0592. The molecule has 0 fully saturated rings. The number of amides is 1. The second-order valence-corrected chi connectivity index (χ2v) is 5.60. The fourth-order valence-corrected chi connectivity index (χ4v) is 2.30. The number of alkyl halides is 3. The fraction of sp³-hybridized carbons (Fsp3) is 0.222. The smallest absolute Gasteiger partial charge is 0.416 e. The van der Waals surface area contributed by atoms with Crippen LogP contribution < -0.4 is 14.8 Å². The van der Waals surface area contributed by atoms with Gasteiger partial charge in [-0.1, -0.05) is 12.1 Å². The van der Waals surface area contributed by atoms with Crippen LogP contribution in [0.5, 0.6) is 11.5 Å². The number of halogens is 3. The molecule has 6 nitrogen and oxygen atoms in total. The zero-order valence-electron chi connectivity index (χ0n) is 13.8. The van der Waals surface area contributed by atoms with Crippen LogP contribution in [-0.2, 0) is 20.5 Å². The van der Waals surface area contributed by atoms with Crippen LogP contribution in [0, 0.1) is 0 Å². The summed E-state index contributed by atoms with van der Waals surface area (Å²) in [6.07, 6.45) is -5.47. The molecule has 0 aromatic heterocycles. The van der Waals surface area contributed by atoms with Crippen molar-refractivity contribution in [3.05, 3.63) is 54.1 Å². The van der Waals surface area contributed by atoms with Gasteiger partial charge in [0.25, 0.3) is 5.91 Å². The molecular formula is C18H14F3NO5. The molecule has 0 radical (unpaired) electrons. The number of carbonyl (C=O) groups excluding carboxylic acids is 2. The molecule has 27 heavy (non-hydrogen) atoms. The summed E-state index contributed by atoms with van der Waals surface area (Å²) in [7, 11) is 0. The molecule has 1 amide bonds. The molecule has 0 bridgehead atoms. The number of rotatable bonds is 4. The maximum atomic E-state index is 12.5. The van der Waals surface area contributed by atoms with E-state index >= 15 is 0 Å². The molecule has 1 aliphatic rings. The van der Waals surface area contributed by atoms with Gasteiger partial charge < -0.3 is 19.5 Å². The average Bonchev–Trinajstić information content (AvgIpc) is 2.65. The zero-order valence-corrected chi connectivity index (χ0v) is 13.8. The Bertz CT molecular complexity index is 836. The first-order valence-electron chi connectivity index (χ1n) is 7.85. The summed E-state index contributed by atoms with van der Waals surface area (Å²) < 4.78 is 53.2. The first-order chi connectivity index (χ1) is 12.8. The number of fused-ring (bicyclic) bond motifs is 1. The van der Waals surface area contributed by atoms with Crippen molar-refractivity contribution in [3.63, 3.8) is 0 Å². The van der Waals surface area contributed by atoms with Crippen LogP contribution >= 0.6 is 0 Å². The number of para-hydroxylation sites is 2. The predicted molar refractivity (Wildman–Crippen MR) is 87.4 cm³/mol. The third kappa shape index (κ3) is 4.69. The number of nitrogens with one attached hydrogen (secondary N) is 1. The van der Waals surface area contributed by atoms with Crippen molar-refractivity contribution in [2.24, 2.45) is 0 Å². The van der Waals surface area contributed by atoms with E-state index in [1.165, 1.54) is 0 Å². The Morgan fingerprint density at radius 3 is 2.41 bits per heavy atom. The zero-order chi connectivity index (χ0) is 19.4. The van der Waals surface area contributed by atoms with Crippen LogP contribution in [0.15, 0.2) is 48.5 Å². The summed E-state index contributed by atoms with van der Waals surface area (Å²) in [6.45, 7) is -0.669. The van der Waals surface area contributed by atoms with Gasteiger partial charge in [-0.3, -0.25) is 4.79 Å². The van der Waals surface area contributed by atoms with Gasteiger partial charge >= 0.3 is 12.1 Å². The van der Waals surface area contributed by atoms with Gasteiger partial charge in [-0.25, -0.2) is 4.79 Å². The topological polar surface area (TPSA) is 73.9 Å². The molecule has 1 heterocycles. The van der Waals surface area contributed by atoms with E-state index in [9.17, 15) is 22.8 Å². The highest BCUT2D eigenvalue weighted by atomic mass is 19.4. The molecule has 142 valence electrons. The Morgan fingerprint density at radius 1 is 1.07 bits per heavy atom. The van der Waals surface area contributed by atoms with Gasteiger partial charge in [0, 0.05) is 5.69 Å². The molecule has 1 atom stereocenters. The fourth-order valence-electron chi connectivity index (χ4n) is 2.30. The highest BCUT2D eigenvalue weighted by Gasteiger charge is 2.30. The summed E-state index contributed by atoms with van der Waals surface area (Å²) >= 11 is 0. The van der Waals surface area contributed by atoms with E-state index in [-0.39, 0.29) is 12.3 Å². The molecule has 2 aromatic rings. The normalized spacial score (nSPS) is 15.7. The summed E-state index contributed by atoms with van der Waals surface area (Å²) in [5.41, 5.74) is -0.683. The minimum Gasteiger partial charge on any atom is -0.485 e. The molecule has 1 N–H and O–H groups in total. The minimum atomic E-state index is -4.46. The Morgan fingerprint density at radius 2 is 1.74 bits per heavy atom. The van der Waals surface area contributed by atoms with E-state index < -0.39 is 36.3 Å². The van der Waals surface area contributed by atoms with E-state index in [1.807, 2.05) is 0 Å². The van der Waals surface area contributed by atoms with Gasteiger partial charge in [-0.15, -0.1) is 0 Å². The van der Waals surface area contributed by atoms with Crippen molar-refractivity contribution in [1.82, 2.24) is 0 Å². The Kier molecular flexibility index (Phi) is 5.20. The number of hydrogen-bond acceptors (Lipinski definition) is 5. The van der Waals surface area contributed by atoms with Crippen molar-refractivity contribution < 1.29 is 37.0 Å². The van der Waals surface area contributed by atoms with Gasteiger partial charge in [-0.05, 0) is 36.4 Å². The van der Waals surface area contributed by atoms with Crippen molar-refractivity contribution in [3.8, 4) is 11.5 Å². The summed E-state index contributed by atoms with van der Waals surface area (Å²) in [5.74, 6) is -0.589. The molecule has 2 aromatic carbocycles. The number of ether oxygens (including phenoxy) is 3. The van der Waals surface area contributed by atoms with Crippen molar-refractivity contribution in [2.75, 3.05) is 18.5 Å². The molecule has 9 heteroatoms. The third-order valence-corrected chi connectivity index (χ3v) is 3.61. The van der Waals surface area contributed by atoms with Crippen LogP contribution in [0.3, 0.4) is 0 Å². The Labute approximate surface area is 151 Å². The monoisotopic (exact) mass is 381 g/mol. The SMILES string of the molecule is O=C(COC(=O)[C@@H]1COc2ccccc2O1)Nc1ccc(C(F)(F)F)cc1. The number of anilines is 1. The Balaban J connectivity index is 1.48. The predicted octanol–water partition coefficient (Wildman–Crippen LogP) is 3.03. The summed E-state index contributed by atoms with van der Waals surface area (Å²) in [5, 5.41) is 2.34. The lowest BCUT2D eigenvalue weighted by Gasteiger charge is -2.24. The molecule has 0 unspecified atom stereocenters. The van der Waals surface area contributed by atoms with E-state index in [4.69, 9.17) is 14.2 Å². The lowest BCUT2D eigenvalue weighted by atomic mass is 10.2. The highest BCUT2D eigenvalue weighted by molar-refractivity contribution is 5.93. The third-order valence-electron chi connectivity index (χ3n) is 3.61. The summed E-state index contributed by atoms with van der Waals surface area (Å²) in [6, 6.07) is 10.7. The van der Waals surface area contributed by atoms with Crippen LogP contribution in [0.2, 0.25) is 0 Å². The molecule has 1 aliphatic heterocycles. The second kappa shape index (κ2) is 7.56. The van der Waals surface area contributed by atoms with Crippen LogP contribution in [-0.4, -0.2) is 31.2 Å². The molecular weight excluding hydrogens is 367 g/mol. The summed E-state index contributed by atoms with van der Waals surface area (Å²) in [4.78, 5) is 23.8. The van der Waals surface area contributed by atoms with Crippen LogP contribution in [0.4, 0.5) is 18.9 Å². The van der Waals surface area contributed by atoms with Crippen molar-refractivity contribution in [2.45, 2.75) is 12.3 Å².